The van der Waals surface area contributed by atoms with Gasteiger partial charge in [-0.1, -0.05) is 0 Å². The molecule has 1 rings (SSSR count). The molecule has 6 nitrogen and oxygen atoms in total. The van der Waals surface area contributed by atoms with E-state index in [0.29, 0.717) is 0 Å². The Kier molecular flexibility index (Phi) is 0.918. The molecule has 0 unspecified atom stereocenters. The minimum Gasteiger partial charge on any atom is -0.359 e. The van der Waals surface area contributed by atoms with Crippen LogP contribution in [-0.4, -0.2) is 5.16 Å². The zero-order valence-corrected chi connectivity index (χ0v) is 3.64. The predicted octanol–water partition coefficient (Wildman–Crippen LogP) is -0.294. The normalized spacial score (nSPS) is 9.00. The van der Waals surface area contributed by atoms with Crippen LogP contribution in [0, 0.1) is 10.1 Å². The van der Waals surface area contributed by atoms with Crippen molar-refractivity contribution in [3.8, 4) is 0 Å². The molecule has 0 saturated heterocycles. The van der Waals surface area contributed by atoms with Crippen LogP contribution in [0.2, 0.25) is 0 Å². The summed E-state index contributed by atoms with van der Waals surface area (Å²) in [5.74, 6) is -0.250. The molecule has 0 radical (unpaired) electrons. The molecule has 1 aromatic rings. The summed E-state index contributed by atoms with van der Waals surface area (Å²) in [7, 11) is 0. The van der Waals surface area contributed by atoms with Crippen molar-refractivity contribution in [2.75, 3.05) is 0 Å². The fourth-order valence-corrected chi connectivity index (χ4v) is 0.264. The molecule has 0 atom stereocenters. The molecule has 0 N–H and O–H groups in total. The minimum atomic E-state index is -0.250. The Balaban J connectivity index is 3.00. The van der Waals surface area contributed by atoms with E-state index in [9.17, 15) is 10.1 Å². The summed E-state index contributed by atoms with van der Waals surface area (Å²) >= 11 is 0. The number of aromatic nitrogens is 2. The number of nitrogens with zero attached hydrogens (tertiary/aromatic N) is 3. The first-order valence-corrected chi connectivity index (χ1v) is 1.72. The molecule has 0 spiro atoms. The van der Waals surface area contributed by atoms with Crippen LogP contribution in [0.4, 0.5) is 5.82 Å². The molecule has 42 valence electrons. The van der Waals surface area contributed by atoms with Crippen LogP contribution in [0.25, 0.3) is 0 Å². The summed E-state index contributed by atoms with van der Waals surface area (Å²) in [4.78, 5) is 9.53. The summed E-state index contributed by atoms with van der Waals surface area (Å²) in [6, 6.07) is 0. The Labute approximate surface area is 43.2 Å². The van der Waals surface area contributed by atoms with E-state index in [1.807, 2.05) is 0 Å². The molecular formula is C2HN3O3. The van der Waals surface area contributed by atoms with E-state index in [4.69, 9.17) is 0 Å². The molecule has 0 fully saturated rings. The third kappa shape index (κ3) is 0.625. The van der Waals surface area contributed by atoms with Gasteiger partial charge in [0.2, 0.25) is 6.20 Å². The monoisotopic (exact) mass is 115 g/mol. The van der Waals surface area contributed by atoms with Crippen molar-refractivity contribution in [3.05, 3.63) is 16.3 Å². The quantitative estimate of drug-likeness (QED) is 0.371. The molecule has 0 bridgehead atoms. The first-order valence-electron chi connectivity index (χ1n) is 1.72. The first-order chi connectivity index (χ1) is 3.83. The molecule has 6 heteroatoms. The van der Waals surface area contributed by atoms with Crippen LogP contribution < -0.4 is 4.90 Å². The van der Waals surface area contributed by atoms with E-state index in [1.165, 1.54) is 0 Å². The highest BCUT2D eigenvalue weighted by Crippen LogP contribution is 1.98. The highest BCUT2D eigenvalue weighted by molar-refractivity contribution is 5.14. The number of nitroso groups, excluding NO2 is 1. The van der Waals surface area contributed by atoms with Gasteiger partial charge in [0.05, 0.1) is 5.16 Å². The molecule has 1 aromatic heterocycles. The highest BCUT2D eigenvalue weighted by Gasteiger charge is 2.01. The van der Waals surface area contributed by atoms with Gasteiger partial charge in [-0.3, -0.25) is 4.63 Å². The average molecular weight is 115 g/mol. The van der Waals surface area contributed by atoms with Crippen LogP contribution in [0.1, 0.15) is 0 Å². The van der Waals surface area contributed by atoms with Gasteiger partial charge < -0.3 is 5.21 Å². The van der Waals surface area contributed by atoms with Crippen LogP contribution in [-0.2, 0) is 0 Å². The highest BCUT2D eigenvalue weighted by atomic mass is 16.8. The number of rotatable bonds is 1. The van der Waals surface area contributed by atoms with Crippen molar-refractivity contribution in [3.63, 3.8) is 0 Å². The van der Waals surface area contributed by atoms with Gasteiger partial charge >= 0.3 is 5.82 Å². The van der Waals surface area contributed by atoms with Gasteiger partial charge in [0.25, 0.3) is 0 Å². The molecule has 0 aliphatic heterocycles. The second kappa shape index (κ2) is 1.57. The van der Waals surface area contributed by atoms with Crippen molar-refractivity contribution in [1.29, 1.82) is 0 Å². The second-order valence-electron chi connectivity index (χ2n) is 1.04. The molecular weight excluding hydrogens is 114 g/mol. The average Bonchev–Trinajstić information content (AvgIpc) is 2.14. The van der Waals surface area contributed by atoms with E-state index in [2.05, 4.69) is 15.0 Å². The van der Waals surface area contributed by atoms with Gasteiger partial charge in [0.15, 0.2) is 0 Å². The van der Waals surface area contributed by atoms with E-state index < -0.39 is 0 Å². The fraction of sp³-hybridized carbons (Fsp3) is 0. The van der Waals surface area contributed by atoms with E-state index in [0.717, 1.165) is 6.20 Å². The molecule has 0 aliphatic carbocycles. The van der Waals surface area contributed by atoms with E-state index in [1.54, 1.807) is 0 Å². The van der Waals surface area contributed by atoms with E-state index >= 15 is 0 Å². The maximum Gasteiger partial charge on any atom is 0.370 e. The van der Waals surface area contributed by atoms with Crippen LogP contribution in [0.15, 0.2) is 16.0 Å². The van der Waals surface area contributed by atoms with Gasteiger partial charge in [-0.2, -0.15) is 0 Å². The Morgan fingerprint density at radius 1 is 2.00 bits per heavy atom. The molecule has 0 aliphatic rings. The number of hydrogen-bond acceptors (Lipinski definition) is 5. The standard InChI is InChI=1S/C2HN3O3/c6-3-2-1-5(7)8-4-2/h1H. The Hall–Kier alpha value is -1.46. The summed E-state index contributed by atoms with van der Waals surface area (Å²) in [5, 5.41) is 15.2. The lowest BCUT2D eigenvalue weighted by molar-refractivity contribution is -0.802. The van der Waals surface area contributed by atoms with Crippen molar-refractivity contribution >= 4 is 5.82 Å². The molecule has 0 amide bonds. The lowest BCUT2D eigenvalue weighted by atomic mass is 10.8. The molecule has 1 heterocycles. The summed E-state index contributed by atoms with van der Waals surface area (Å²) < 4.78 is 3.87. The first kappa shape index (κ1) is 4.69. The SMILES string of the molecule is O=Nc1c[n+]([O-])on1. The van der Waals surface area contributed by atoms with Crippen LogP contribution in [0.3, 0.4) is 0 Å². The predicted molar refractivity (Wildman–Crippen MR) is 20.9 cm³/mol. The number of hydrogen-bond donors (Lipinski definition) is 0. The topological polar surface area (TPSA) is 82.4 Å². The summed E-state index contributed by atoms with van der Waals surface area (Å²) in [5.41, 5.74) is 0. The third-order valence-electron chi connectivity index (χ3n) is 0.529. The largest absolute Gasteiger partial charge is 0.370 e. The summed E-state index contributed by atoms with van der Waals surface area (Å²) in [6.07, 6.45) is 0.826. The smallest absolute Gasteiger partial charge is 0.359 e. The zero-order chi connectivity index (χ0) is 5.98. The maximum atomic E-state index is 9.94. The summed E-state index contributed by atoms with van der Waals surface area (Å²) in [6.45, 7) is 0. The van der Waals surface area contributed by atoms with Crippen LogP contribution in [0.5, 0.6) is 0 Å². The lowest BCUT2D eigenvalue weighted by Gasteiger charge is -1.73. The van der Waals surface area contributed by atoms with Crippen molar-refractivity contribution < 1.29 is 9.53 Å². The Morgan fingerprint density at radius 3 is 3.00 bits per heavy atom. The third-order valence-corrected chi connectivity index (χ3v) is 0.529. The van der Waals surface area contributed by atoms with Gasteiger partial charge in [0, 0.05) is 5.18 Å². The molecule has 0 saturated carbocycles. The van der Waals surface area contributed by atoms with Gasteiger partial charge in [0.1, 0.15) is 0 Å². The maximum absolute atomic E-state index is 9.94. The van der Waals surface area contributed by atoms with Gasteiger partial charge in [-0.25, -0.2) is 0 Å². The Morgan fingerprint density at radius 2 is 2.75 bits per heavy atom. The Bertz CT molecular complexity index is 194. The van der Waals surface area contributed by atoms with Gasteiger partial charge in [-0.15, -0.1) is 4.91 Å². The van der Waals surface area contributed by atoms with Crippen molar-refractivity contribution in [2.24, 2.45) is 5.18 Å². The van der Waals surface area contributed by atoms with Crippen molar-refractivity contribution in [2.45, 2.75) is 0 Å². The minimum absolute atomic E-state index is 0.0384. The lowest BCUT2D eigenvalue weighted by Crippen LogP contribution is -2.20. The second-order valence-corrected chi connectivity index (χ2v) is 1.04. The van der Waals surface area contributed by atoms with Gasteiger partial charge in [-0.05, 0) is 4.90 Å². The zero-order valence-electron chi connectivity index (χ0n) is 3.64. The van der Waals surface area contributed by atoms with Crippen molar-refractivity contribution in [1.82, 2.24) is 5.16 Å². The molecule has 0 aromatic carbocycles. The fourth-order valence-electron chi connectivity index (χ4n) is 0.264. The van der Waals surface area contributed by atoms with E-state index in [-0.39, 0.29) is 10.7 Å². The van der Waals surface area contributed by atoms with Crippen LogP contribution >= 0.6 is 0 Å². The molecule has 8 heavy (non-hydrogen) atoms.